The van der Waals surface area contributed by atoms with E-state index in [4.69, 9.17) is 4.74 Å². The highest BCUT2D eigenvalue weighted by Crippen LogP contribution is 2.29. The molecule has 0 aliphatic rings. The molecule has 0 bridgehead atoms. The largest absolute Gasteiger partial charge is 0.495 e. The number of anilines is 3. The Balaban J connectivity index is 2.16. The fraction of sp³-hybridized carbons (Fsp3) is 0.250. The van der Waals surface area contributed by atoms with E-state index in [1.807, 2.05) is 25.1 Å². The topological polar surface area (TPSA) is 70.7 Å². The number of benzene rings is 2. The minimum atomic E-state index is -3.50. The maximum Gasteiger partial charge on any atom is 0.301 e. The Morgan fingerprint density at radius 3 is 2.17 bits per heavy atom. The molecule has 2 aromatic carbocycles. The lowest BCUT2D eigenvalue weighted by molar-refractivity contribution is 0.416. The zero-order chi connectivity index (χ0) is 17.0. The number of nitrogens with zero attached hydrogens (tertiary/aromatic N) is 1. The predicted octanol–water partition coefficient (Wildman–Crippen LogP) is 2.97. The van der Waals surface area contributed by atoms with Gasteiger partial charge in [-0.2, -0.15) is 12.7 Å². The standard InChI is InChI=1S/C16H21N3O3S/c1-12-5-10-16(22-4)15(11-12)17-13-6-8-14(9-7-13)18-23(20,21)19(2)3/h5-11,17-18H,1-4H3. The van der Waals surface area contributed by atoms with Crippen molar-refractivity contribution in [1.82, 2.24) is 4.31 Å². The zero-order valence-corrected chi connectivity index (χ0v) is 14.4. The summed E-state index contributed by atoms with van der Waals surface area (Å²) in [5.41, 5.74) is 3.31. The highest BCUT2D eigenvalue weighted by molar-refractivity contribution is 7.90. The van der Waals surface area contributed by atoms with Gasteiger partial charge in [0.25, 0.3) is 0 Å². The third kappa shape index (κ3) is 4.37. The summed E-state index contributed by atoms with van der Waals surface area (Å²) in [6.45, 7) is 2.00. The molecule has 2 N–H and O–H groups in total. The van der Waals surface area contributed by atoms with E-state index in [9.17, 15) is 8.42 Å². The van der Waals surface area contributed by atoms with Gasteiger partial charge in [-0.1, -0.05) is 6.07 Å². The minimum absolute atomic E-state index is 0.500. The maximum atomic E-state index is 11.8. The molecule has 0 saturated carbocycles. The van der Waals surface area contributed by atoms with Gasteiger partial charge in [0.05, 0.1) is 12.8 Å². The van der Waals surface area contributed by atoms with E-state index >= 15 is 0 Å². The first kappa shape index (κ1) is 17.1. The smallest absolute Gasteiger partial charge is 0.301 e. The molecule has 0 fully saturated rings. The first-order valence-electron chi connectivity index (χ1n) is 7.04. The number of hydrogen-bond acceptors (Lipinski definition) is 4. The molecule has 0 aliphatic carbocycles. The second-order valence-corrected chi connectivity index (χ2v) is 7.18. The normalized spacial score (nSPS) is 11.3. The summed E-state index contributed by atoms with van der Waals surface area (Å²) in [6, 6.07) is 12.9. The lowest BCUT2D eigenvalue weighted by atomic mass is 10.2. The van der Waals surface area contributed by atoms with Crippen molar-refractivity contribution in [2.45, 2.75) is 6.92 Å². The quantitative estimate of drug-likeness (QED) is 0.851. The van der Waals surface area contributed by atoms with E-state index in [0.29, 0.717) is 5.69 Å². The minimum Gasteiger partial charge on any atom is -0.495 e. The first-order valence-corrected chi connectivity index (χ1v) is 8.48. The molecule has 2 rings (SSSR count). The molecule has 0 aliphatic heterocycles. The fourth-order valence-corrected chi connectivity index (χ4v) is 2.55. The number of aryl methyl sites for hydroxylation is 1. The third-order valence-corrected chi connectivity index (χ3v) is 4.70. The Bertz CT molecular complexity index is 772. The van der Waals surface area contributed by atoms with Crippen molar-refractivity contribution in [3.63, 3.8) is 0 Å². The van der Waals surface area contributed by atoms with Gasteiger partial charge in [-0.05, 0) is 48.9 Å². The van der Waals surface area contributed by atoms with E-state index in [1.165, 1.54) is 14.1 Å². The average Bonchev–Trinajstić information content (AvgIpc) is 2.49. The van der Waals surface area contributed by atoms with Crippen LogP contribution in [0.15, 0.2) is 42.5 Å². The van der Waals surface area contributed by atoms with Crippen LogP contribution >= 0.6 is 0 Å². The molecule has 6 nitrogen and oxygen atoms in total. The van der Waals surface area contributed by atoms with Crippen LogP contribution in [0.5, 0.6) is 5.75 Å². The number of ether oxygens (including phenoxy) is 1. The van der Waals surface area contributed by atoms with Gasteiger partial charge in [0.2, 0.25) is 0 Å². The van der Waals surface area contributed by atoms with Crippen LogP contribution in [0.25, 0.3) is 0 Å². The number of hydrogen-bond donors (Lipinski definition) is 2. The van der Waals surface area contributed by atoms with Crippen LogP contribution < -0.4 is 14.8 Å². The lowest BCUT2D eigenvalue weighted by Crippen LogP contribution is -2.28. The number of rotatable bonds is 6. The summed E-state index contributed by atoms with van der Waals surface area (Å²) in [5, 5.41) is 3.26. The molecule has 0 radical (unpaired) electrons. The van der Waals surface area contributed by atoms with Gasteiger partial charge in [0, 0.05) is 25.5 Å². The molecule has 124 valence electrons. The van der Waals surface area contributed by atoms with Crippen LogP contribution in [0, 0.1) is 6.92 Å². The Labute approximate surface area is 137 Å². The van der Waals surface area contributed by atoms with E-state index in [0.717, 1.165) is 27.0 Å². The van der Waals surface area contributed by atoms with Crippen molar-refractivity contribution < 1.29 is 13.2 Å². The monoisotopic (exact) mass is 335 g/mol. The van der Waals surface area contributed by atoms with E-state index in [1.54, 1.807) is 31.4 Å². The molecule has 7 heteroatoms. The highest BCUT2D eigenvalue weighted by Gasteiger charge is 2.12. The lowest BCUT2D eigenvalue weighted by Gasteiger charge is -2.15. The molecule has 0 unspecified atom stereocenters. The van der Waals surface area contributed by atoms with Crippen LogP contribution in [0.1, 0.15) is 5.56 Å². The first-order chi connectivity index (χ1) is 10.8. The molecule has 23 heavy (non-hydrogen) atoms. The molecule has 2 aromatic rings. The summed E-state index contributed by atoms with van der Waals surface area (Å²) in [5.74, 6) is 0.744. The van der Waals surface area contributed by atoms with Gasteiger partial charge in [-0.3, -0.25) is 4.72 Å². The highest BCUT2D eigenvalue weighted by atomic mass is 32.2. The summed E-state index contributed by atoms with van der Waals surface area (Å²) < 4.78 is 32.5. The van der Waals surface area contributed by atoms with Crippen LogP contribution in [0.2, 0.25) is 0 Å². The second-order valence-electron chi connectivity index (χ2n) is 5.30. The molecule has 0 saturated heterocycles. The Hall–Kier alpha value is -2.25. The van der Waals surface area contributed by atoms with E-state index in [2.05, 4.69) is 10.0 Å². The molecule has 0 amide bonds. The molecular weight excluding hydrogens is 314 g/mol. The van der Waals surface area contributed by atoms with Gasteiger partial charge in [-0.25, -0.2) is 0 Å². The van der Waals surface area contributed by atoms with Crippen molar-refractivity contribution in [3.05, 3.63) is 48.0 Å². The van der Waals surface area contributed by atoms with Crippen LogP contribution in [0.3, 0.4) is 0 Å². The van der Waals surface area contributed by atoms with Crippen molar-refractivity contribution in [2.24, 2.45) is 0 Å². The molecule has 0 heterocycles. The predicted molar refractivity (Wildman–Crippen MR) is 93.7 cm³/mol. The Morgan fingerprint density at radius 2 is 1.61 bits per heavy atom. The molecular formula is C16H21N3O3S. The number of nitrogens with one attached hydrogen (secondary N) is 2. The molecule has 0 aromatic heterocycles. The maximum absolute atomic E-state index is 11.8. The summed E-state index contributed by atoms with van der Waals surface area (Å²) in [6.07, 6.45) is 0. The Morgan fingerprint density at radius 1 is 1.00 bits per heavy atom. The summed E-state index contributed by atoms with van der Waals surface area (Å²) >= 11 is 0. The average molecular weight is 335 g/mol. The summed E-state index contributed by atoms with van der Waals surface area (Å²) in [7, 11) is 1.07. The van der Waals surface area contributed by atoms with Gasteiger partial charge in [0.1, 0.15) is 5.75 Å². The van der Waals surface area contributed by atoms with Gasteiger partial charge >= 0.3 is 10.2 Å². The van der Waals surface area contributed by atoms with E-state index < -0.39 is 10.2 Å². The van der Waals surface area contributed by atoms with Crippen molar-refractivity contribution in [3.8, 4) is 5.75 Å². The fourth-order valence-electron chi connectivity index (χ4n) is 1.94. The summed E-state index contributed by atoms with van der Waals surface area (Å²) in [4.78, 5) is 0. The van der Waals surface area contributed by atoms with Gasteiger partial charge in [0.15, 0.2) is 0 Å². The van der Waals surface area contributed by atoms with Crippen molar-refractivity contribution in [1.29, 1.82) is 0 Å². The molecule has 0 spiro atoms. The van der Waals surface area contributed by atoms with Crippen molar-refractivity contribution in [2.75, 3.05) is 31.2 Å². The van der Waals surface area contributed by atoms with Gasteiger partial charge < -0.3 is 10.1 Å². The van der Waals surface area contributed by atoms with Gasteiger partial charge in [-0.15, -0.1) is 0 Å². The van der Waals surface area contributed by atoms with Crippen LogP contribution in [-0.4, -0.2) is 33.9 Å². The number of methoxy groups -OCH3 is 1. The van der Waals surface area contributed by atoms with Crippen molar-refractivity contribution >= 4 is 27.3 Å². The zero-order valence-electron chi connectivity index (χ0n) is 13.6. The Kier molecular flexibility index (Phi) is 5.12. The second kappa shape index (κ2) is 6.89. The van der Waals surface area contributed by atoms with Crippen LogP contribution in [-0.2, 0) is 10.2 Å². The third-order valence-electron chi connectivity index (χ3n) is 3.25. The van der Waals surface area contributed by atoms with E-state index in [-0.39, 0.29) is 0 Å². The van der Waals surface area contributed by atoms with Crippen LogP contribution in [0.4, 0.5) is 17.1 Å². The SMILES string of the molecule is COc1ccc(C)cc1Nc1ccc(NS(=O)(=O)N(C)C)cc1. The molecule has 0 atom stereocenters.